The van der Waals surface area contributed by atoms with E-state index < -0.39 is 0 Å². The van der Waals surface area contributed by atoms with Crippen molar-refractivity contribution in [1.29, 1.82) is 0 Å². The Labute approximate surface area is 115 Å². The largest absolute Gasteiger partial charge is 0.345 e. The van der Waals surface area contributed by atoms with Gasteiger partial charge in [0.25, 0.3) is 0 Å². The van der Waals surface area contributed by atoms with Crippen molar-refractivity contribution in [2.75, 3.05) is 0 Å². The molecule has 2 aromatic rings. The third-order valence-electron chi connectivity index (χ3n) is 2.34. The zero-order valence-corrected chi connectivity index (χ0v) is 11.0. The van der Waals surface area contributed by atoms with Gasteiger partial charge in [-0.05, 0) is 47.7 Å². The first-order chi connectivity index (χ1) is 9.20. The van der Waals surface area contributed by atoms with Crippen LogP contribution in [-0.2, 0) is 11.3 Å². The Balaban J connectivity index is 2.13. The number of carbonyl (C=O) groups excluding carboxylic acids is 1. The summed E-state index contributed by atoms with van der Waals surface area (Å²) in [4.78, 5) is 11.3. The number of rotatable bonds is 4. The van der Waals surface area contributed by atoms with Crippen molar-refractivity contribution in [2.24, 2.45) is 0 Å². The molecule has 1 N–H and O–H groups in total. The number of hydrogen-bond acceptors (Lipinski definition) is 4. The Bertz CT molecular complexity index is 590. The van der Waals surface area contributed by atoms with Crippen LogP contribution in [0.4, 0.5) is 0 Å². The minimum absolute atomic E-state index is 0.187. The molecule has 7 heteroatoms. The van der Waals surface area contributed by atoms with Crippen LogP contribution in [0.15, 0.2) is 36.4 Å². The zero-order valence-electron chi connectivity index (χ0n) is 10.2. The van der Waals surface area contributed by atoms with E-state index >= 15 is 0 Å². The molecule has 0 aliphatic heterocycles. The number of hydrogen-bond donors (Lipinski definition) is 1. The molecule has 1 aromatic heterocycles. The predicted octanol–water partition coefficient (Wildman–Crippen LogP) is 1.51. The third kappa shape index (κ3) is 3.38. The normalized spacial score (nSPS) is 10.8. The molecular formula is C12H12ClN5O. The first-order valence-electron chi connectivity index (χ1n) is 5.64. The van der Waals surface area contributed by atoms with Crippen LogP contribution < -0.4 is 5.32 Å². The fraction of sp³-hybridized carbons (Fsp3) is 0.167. The lowest BCUT2D eigenvalue weighted by Crippen LogP contribution is -2.22. The average molecular weight is 278 g/mol. The lowest BCUT2D eigenvalue weighted by atomic mass is 10.3. The maximum atomic E-state index is 11.3. The fourth-order valence-electron chi connectivity index (χ4n) is 1.48. The summed E-state index contributed by atoms with van der Waals surface area (Å²) in [5, 5.41) is 14.7. The maximum Gasteiger partial charge on any atom is 0.244 e. The summed E-state index contributed by atoms with van der Waals surface area (Å²) >= 11 is 5.82. The first-order valence-corrected chi connectivity index (χ1v) is 6.02. The lowest BCUT2D eigenvalue weighted by molar-refractivity contribution is -0.116. The van der Waals surface area contributed by atoms with Crippen LogP contribution in [0, 0.1) is 0 Å². The molecule has 0 atom stereocenters. The first kappa shape index (κ1) is 13.2. The smallest absolute Gasteiger partial charge is 0.244 e. The highest BCUT2D eigenvalue weighted by molar-refractivity contribution is 6.30. The maximum absolute atomic E-state index is 11.3. The van der Waals surface area contributed by atoms with Crippen LogP contribution in [0.1, 0.15) is 12.7 Å². The highest BCUT2D eigenvalue weighted by atomic mass is 35.5. The number of amides is 1. The van der Waals surface area contributed by atoms with Gasteiger partial charge in [-0.2, -0.15) is 4.68 Å². The summed E-state index contributed by atoms with van der Waals surface area (Å²) in [6.45, 7) is 2.02. The van der Waals surface area contributed by atoms with Gasteiger partial charge in [-0.15, -0.1) is 5.10 Å². The molecule has 6 nitrogen and oxygen atoms in total. The van der Waals surface area contributed by atoms with Crippen molar-refractivity contribution < 1.29 is 4.79 Å². The summed E-state index contributed by atoms with van der Waals surface area (Å²) in [5.74, 6) is 0.355. The summed E-state index contributed by atoms with van der Waals surface area (Å²) in [6, 6.07) is 7.10. The Morgan fingerprint density at radius 1 is 1.42 bits per heavy atom. The van der Waals surface area contributed by atoms with Gasteiger partial charge < -0.3 is 5.32 Å². The number of aromatic nitrogens is 4. The van der Waals surface area contributed by atoms with Crippen LogP contribution in [0.5, 0.6) is 0 Å². The van der Waals surface area contributed by atoms with Crippen LogP contribution in [0.2, 0.25) is 5.02 Å². The van der Waals surface area contributed by atoms with E-state index in [1.807, 2.05) is 0 Å². The quantitative estimate of drug-likeness (QED) is 0.860. The Morgan fingerprint density at radius 2 is 2.16 bits per heavy atom. The molecule has 19 heavy (non-hydrogen) atoms. The molecule has 2 rings (SSSR count). The van der Waals surface area contributed by atoms with Gasteiger partial charge in [-0.1, -0.05) is 17.7 Å². The molecule has 98 valence electrons. The molecule has 0 aliphatic rings. The minimum atomic E-state index is -0.187. The molecule has 0 spiro atoms. The average Bonchev–Trinajstić information content (AvgIpc) is 2.86. The van der Waals surface area contributed by atoms with Crippen LogP contribution in [0.3, 0.4) is 0 Å². The molecule has 1 aromatic carbocycles. The monoisotopic (exact) mass is 277 g/mol. The number of nitrogens with one attached hydrogen (secondary N) is 1. The number of carbonyl (C=O) groups is 1. The van der Waals surface area contributed by atoms with Gasteiger partial charge in [0, 0.05) is 5.02 Å². The highest BCUT2D eigenvalue weighted by Gasteiger charge is 2.08. The number of nitrogens with zero attached hydrogens (tertiary/aromatic N) is 4. The second kappa shape index (κ2) is 6.10. The fourth-order valence-corrected chi connectivity index (χ4v) is 1.60. The number of benzene rings is 1. The Hall–Kier alpha value is -2.21. The molecule has 0 aliphatic carbocycles. The number of tetrazole rings is 1. The number of allylic oxidation sites excluding steroid dienone is 1. The van der Waals surface area contributed by atoms with Crippen LogP contribution in [-0.4, -0.2) is 26.1 Å². The van der Waals surface area contributed by atoms with E-state index in [0.29, 0.717) is 10.8 Å². The third-order valence-corrected chi connectivity index (χ3v) is 2.60. The van der Waals surface area contributed by atoms with Crippen molar-refractivity contribution in [3.05, 3.63) is 47.3 Å². The lowest BCUT2D eigenvalue weighted by Gasteiger charge is -2.05. The molecule has 0 saturated heterocycles. The minimum Gasteiger partial charge on any atom is -0.345 e. The summed E-state index contributed by atoms with van der Waals surface area (Å²) in [7, 11) is 0. The van der Waals surface area contributed by atoms with E-state index in [9.17, 15) is 4.79 Å². The standard InChI is InChI=1S/C12H12ClN5O/c1-2-3-12(19)14-8-11-15-16-17-18(11)10-6-4-9(13)5-7-10/h2-7H,8H2,1H3,(H,14,19). The molecule has 0 fully saturated rings. The summed E-state index contributed by atoms with van der Waals surface area (Å²) in [5.41, 5.74) is 0.782. The molecule has 1 heterocycles. The van der Waals surface area contributed by atoms with E-state index in [1.54, 1.807) is 41.9 Å². The molecule has 1 amide bonds. The van der Waals surface area contributed by atoms with Crippen molar-refractivity contribution in [1.82, 2.24) is 25.5 Å². The van der Waals surface area contributed by atoms with Gasteiger partial charge in [0.15, 0.2) is 5.82 Å². The van der Waals surface area contributed by atoms with E-state index in [0.717, 1.165) is 5.69 Å². The van der Waals surface area contributed by atoms with E-state index in [1.165, 1.54) is 6.08 Å². The van der Waals surface area contributed by atoms with E-state index in [4.69, 9.17) is 11.6 Å². The van der Waals surface area contributed by atoms with Gasteiger partial charge in [-0.3, -0.25) is 4.79 Å². The van der Waals surface area contributed by atoms with Gasteiger partial charge in [-0.25, -0.2) is 0 Å². The summed E-state index contributed by atoms with van der Waals surface area (Å²) < 4.78 is 1.55. The molecule has 0 unspecified atom stereocenters. The van der Waals surface area contributed by atoms with Crippen molar-refractivity contribution >= 4 is 17.5 Å². The van der Waals surface area contributed by atoms with Crippen molar-refractivity contribution in [3.8, 4) is 5.69 Å². The number of halogens is 1. The van der Waals surface area contributed by atoms with Gasteiger partial charge >= 0.3 is 0 Å². The molecular weight excluding hydrogens is 266 g/mol. The zero-order chi connectivity index (χ0) is 13.7. The van der Waals surface area contributed by atoms with Crippen molar-refractivity contribution in [2.45, 2.75) is 13.5 Å². The summed E-state index contributed by atoms with van der Waals surface area (Å²) in [6.07, 6.45) is 3.11. The van der Waals surface area contributed by atoms with Crippen molar-refractivity contribution in [3.63, 3.8) is 0 Å². The van der Waals surface area contributed by atoms with E-state index in [2.05, 4.69) is 20.8 Å². The van der Waals surface area contributed by atoms with Crippen LogP contribution >= 0.6 is 11.6 Å². The van der Waals surface area contributed by atoms with E-state index in [-0.39, 0.29) is 12.5 Å². The Morgan fingerprint density at radius 3 is 2.84 bits per heavy atom. The highest BCUT2D eigenvalue weighted by Crippen LogP contribution is 2.13. The molecule has 0 bridgehead atoms. The van der Waals surface area contributed by atoms with Gasteiger partial charge in [0.2, 0.25) is 5.91 Å². The molecule has 0 radical (unpaired) electrons. The van der Waals surface area contributed by atoms with Gasteiger partial charge in [0.05, 0.1) is 12.2 Å². The topological polar surface area (TPSA) is 72.7 Å². The predicted molar refractivity (Wildman–Crippen MR) is 70.8 cm³/mol. The van der Waals surface area contributed by atoms with Gasteiger partial charge in [0.1, 0.15) is 0 Å². The molecule has 0 saturated carbocycles. The Kier molecular flexibility index (Phi) is 4.25. The second-order valence-corrected chi connectivity index (χ2v) is 4.14. The van der Waals surface area contributed by atoms with Crippen LogP contribution in [0.25, 0.3) is 5.69 Å². The second-order valence-electron chi connectivity index (χ2n) is 3.70. The SMILES string of the molecule is CC=CC(=O)NCc1nnnn1-c1ccc(Cl)cc1.